The number of benzene rings is 2. The van der Waals surface area contributed by atoms with Crippen molar-refractivity contribution in [3.8, 4) is 17.2 Å². The number of aromatic nitrogens is 2. The van der Waals surface area contributed by atoms with Gasteiger partial charge < -0.3 is 14.2 Å². The molecule has 3 rings (SSSR count). The van der Waals surface area contributed by atoms with Gasteiger partial charge in [0.1, 0.15) is 18.2 Å². The van der Waals surface area contributed by atoms with Gasteiger partial charge in [-0.3, -0.25) is 10.8 Å². The van der Waals surface area contributed by atoms with Crippen LogP contribution in [0, 0.1) is 10.8 Å². The predicted molar refractivity (Wildman–Crippen MR) is 124 cm³/mol. The first kappa shape index (κ1) is 24.4. The molecule has 10 nitrogen and oxygen atoms in total. The first-order valence-corrected chi connectivity index (χ1v) is 12.0. The fourth-order valence-corrected chi connectivity index (χ4v) is 4.78. The van der Waals surface area contributed by atoms with Gasteiger partial charge in [-0.1, -0.05) is 29.5 Å². The summed E-state index contributed by atoms with van der Waals surface area (Å²) in [5.74, 6) is 1.20. The fraction of sp³-hybridized carbons (Fsp3) is 0.286. The molecule has 0 aliphatic rings. The summed E-state index contributed by atoms with van der Waals surface area (Å²) in [6.45, 7) is 0.150. The van der Waals surface area contributed by atoms with Crippen LogP contribution in [-0.2, 0) is 23.1 Å². The van der Waals surface area contributed by atoms with E-state index < -0.39 is 10.0 Å². The maximum absolute atomic E-state index is 12.9. The molecule has 2 aromatic carbocycles. The van der Waals surface area contributed by atoms with Gasteiger partial charge in [0, 0.05) is 26.6 Å². The van der Waals surface area contributed by atoms with Gasteiger partial charge in [0.2, 0.25) is 14.8 Å². The Balaban J connectivity index is 1.91. The van der Waals surface area contributed by atoms with Crippen molar-refractivity contribution in [2.75, 3.05) is 28.3 Å². The molecule has 0 radical (unpaired) electrons. The summed E-state index contributed by atoms with van der Waals surface area (Å²) in [6, 6.07) is 12.1. The van der Waals surface area contributed by atoms with Crippen LogP contribution in [-0.4, -0.2) is 56.7 Å². The minimum absolute atomic E-state index is 0.00936. The second-order valence-electron chi connectivity index (χ2n) is 7.04. The van der Waals surface area contributed by atoms with E-state index in [1.165, 1.54) is 40.4 Å². The van der Waals surface area contributed by atoms with Crippen molar-refractivity contribution in [2.45, 2.75) is 17.9 Å². The number of nitrogens with one attached hydrogen (secondary N) is 2. The lowest BCUT2D eigenvalue weighted by molar-refractivity contribution is 0.304. The molecule has 176 valence electrons. The Morgan fingerprint density at radius 3 is 2.36 bits per heavy atom. The summed E-state index contributed by atoms with van der Waals surface area (Å²) >= 11 is 1.08. The molecule has 12 heteroatoms. The Morgan fingerprint density at radius 2 is 1.76 bits per heavy atom. The van der Waals surface area contributed by atoms with Gasteiger partial charge in [-0.25, -0.2) is 12.7 Å². The summed E-state index contributed by atoms with van der Waals surface area (Å²) in [5, 5.41) is 21.5. The third kappa shape index (κ3) is 5.41. The number of sulfonamides is 1. The van der Waals surface area contributed by atoms with Crippen LogP contribution in [0.25, 0.3) is 0 Å². The minimum Gasteiger partial charge on any atom is -0.493 e. The summed E-state index contributed by atoms with van der Waals surface area (Å²) < 4.78 is 44.3. The normalized spacial score (nSPS) is 11.4. The van der Waals surface area contributed by atoms with Crippen LogP contribution in [0.5, 0.6) is 17.2 Å². The molecule has 0 bridgehead atoms. The van der Waals surface area contributed by atoms with Crippen molar-refractivity contribution < 1.29 is 22.6 Å². The molecule has 33 heavy (non-hydrogen) atoms. The molecule has 0 aliphatic carbocycles. The SMILES string of the molecule is COc1cc(CC(=N)n2nc(COc3ccccc3)sc2=N)c(S(=O)(=O)N(C)C)cc1OC. The lowest BCUT2D eigenvalue weighted by atomic mass is 10.1. The third-order valence-electron chi connectivity index (χ3n) is 4.66. The van der Waals surface area contributed by atoms with E-state index in [2.05, 4.69) is 5.10 Å². The zero-order valence-electron chi connectivity index (χ0n) is 18.7. The summed E-state index contributed by atoms with van der Waals surface area (Å²) in [4.78, 5) is 0.0223. The van der Waals surface area contributed by atoms with Crippen LogP contribution >= 0.6 is 11.3 Å². The van der Waals surface area contributed by atoms with Crippen LogP contribution < -0.4 is 19.0 Å². The van der Waals surface area contributed by atoms with Crippen LogP contribution in [0.4, 0.5) is 0 Å². The summed E-state index contributed by atoms with van der Waals surface area (Å²) in [7, 11) is 1.89. The van der Waals surface area contributed by atoms with Crippen LogP contribution in [0.1, 0.15) is 10.6 Å². The van der Waals surface area contributed by atoms with Crippen molar-refractivity contribution in [3.63, 3.8) is 0 Å². The van der Waals surface area contributed by atoms with Gasteiger partial charge in [-0.15, -0.1) is 0 Å². The quantitative estimate of drug-likeness (QED) is 0.349. The molecule has 0 fully saturated rings. The van der Waals surface area contributed by atoms with Gasteiger partial charge in [0.25, 0.3) is 0 Å². The summed E-state index contributed by atoms with van der Waals surface area (Å²) in [5.41, 5.74) is 0.327. The van der Waals surface area contributed by atoms with Gasteiger partial charge in [0.15, 0.2) is 16.5 Å². The molecule has 0 saturated heterocycles. The molecule has 0 aliphatic heterocycles. The number of methoxy groups -OCH3 is 2. The second kappa shape index (κ2) is 10.1. The average Bonchev–Trinajstić information content (AvgIpc) is 3.18. The monoisotopic (exact) mass is 491 g/mol. The number of nitrogens with zero attached hydrogens (tertiary/aromatic N) is 3. The summed E-state index contributed by atoms with van der Waals surface area (Å²) in [6.07, 6.45) is -0.0952. The van der Waals surface area contributed by atoms with Crippen molar-refractivity contribution in [3.05, 3.63) is 57.8 Å². The van der Waals surface area contributed by atoms with Crippen LogP contribution in [0.3, 0.4) is 0 Å². The van der Waals surface area contributed by atoms with Gasteiger partial charge in [-0.05, 0) is 23.8 Å². The van der Waals surface area contributed by atoms with E-state index in [0.717, 1.165) is 20.3 Å². The van der Waals surface area contributed by atoms with Crippen LogP contribution in [0.2, 0.25) is 0 Å². The van der Waals surface area contributed by atoms with Crippen molar-refractivity contribution in [2.24, 2.45) is 0 Å². The Kier molecular flexibility index (Phi) is 7.51. The van der Waals surface area contributed by atoms with Gasteiger partial charge >= 0.3 is 0 Å². The number of ether oxygens (including phenoxy) is 3. The smallest absolute Gasteiger partial charge is 0.242 e. The van der Waals surface area contributed by atoms with Gasteiger partial charge in [-0.2, -0.15) is 9.78 Å². The number of hydrogen-bond donors (Lipinski definition) is 2. The topological polar surface area (TPSA) is 131 Å². The van der Waals surface area contributed by atoms with E-state index in [9.17, 15) is 8.42 Å². The maximum Gasteiger partial charge on any atom is 0.242 e. The second-order valence-corrected chi connectivity index (χ2v) is 10.2. The predicted octanol–water partition coefficient (Wildman–Crippen LogP) is 2.34. The zero-order valence-corrected chi connectivity index (χ0v) is 20.3. The highest BCUT2D eigenvalue weighted by atomic mass is 32.2. The van der Waals surface area contributed by atoms with Crippen LogP contribution in [0.15, 0.2) is 47.4 Å². The highest BCUT2D eigenvalue weighted by Crippen LogP contribution is 2.34. The molecule has 3 aromatic rings. The van der Waals surface area contributed by atoms with Crippen molar-refractivity contribution in [1.82, 2.24) is 14.1 Å². The maximum atomic E-state index is 12.9. The lowest BCUT2D eigenvalue weighted by Crippen LogP contribution is -2.27. The number of hydrogen-bond acceptors (Lipinski definition) is 9. The largest absolute Gasteiger partial charge is 0.493 e. The number of para-hydroxylation sites is 1. The molecule has 0 unspecified atom stereocenters. The Labute approximate surface area is 196 Å². The van der Waals surface area contributed by atoms with E-state index in [1.807, 2.05) is 30.3 Å². The van der Waals surface area contributed by atoms with E-state index in [4.69, 9.17) is 25.0 Å². The Morgan fingerprint density at radius 1 is 1.12 bits per heavy atom. The minimum atomic E-state index is -3.83. The van der Waals surface area contributed by atoms with E-state index in [1.54, 1.807) is 0 Å². The van der Waals surface area contributed by atoms with E-state index >= 15 is 0 Å². The van der Waals surface area contributed by atoms with Crippen molar-refractivity contribution >= 4 is 27.2 Å². The fourth-order valence-electron chi connectivity index (χ4n) is 2.97. The molecule has 0 saturated carbocycles. The highest BCUT2D eigenvalue weighted by molar-refractivity contribution is 7.89. The molecule has 1 heterocycles. The zero-order chi connectivity index (χ0) is 24.2. The molecule has 2 N–H and O–H groups in total. The lowest BCUT2D eigenvalue weighted by Gasteiger charge is -2.18. The molecule has 0 spiro atoms. The third-order valence-corrected chi connectivity index (χ3v) is 7.36. The molecule has 0 atom stereocenters. The Hall–Kier alpha value is -3.22. The van der Waals surface area contributed by atoms with E-state index in [-0.39, 0.29) is 34.3 Å². The van der Waals surface area contributed by atoms with E-state index in [0.29, 0.717) is 22.1 Å². The number of rotatable bonds is 9. The molecular formula is C21H25N5O5S2. The molecular weight excluding hydrogens is 466 g/mol. The first-order valence-electron chi connectivity index (χ1n) is 9.74. The standard InChI is InChI=1S/C21H25N5O5S2/c1-25(2)33(27,28)18-12-17(30-4)16(29-3)10-14(18)11-19(22)26-21(23)32-20(24-26)13-31-15-8-6-5-7-9-15/h5-10,12,22-23H,11,13H2,1-4H3. The highest BCUT2D eigenvalue weighted by Gasteiger charge is 2.25. The first-order chi connectivity index (χ1) is 15.7. The van der Waals surface area contributed by atoms with Gasteiger partial charge in [0.05, 0.1) is 19.1 Å². The Bertz CT molecular complexity index is 1300. The van der Waals surface area contributed by atoms with Crippen molar-refractivity contribution in [1.29, 1.82) is 10.8 Å². The molecule has 0 amide bonds. The molecule has 1 aromatic heterocycles. The average molecular weight is 492 g/mol.